The zero-order valence-electron chi connectivity index (χ0n) is 16.3. The normalized spacial score (nSPS) is 28.3. The van der Waals surface area contributed by atoms with Gasteiger partial charge in [0, 0.05) is 10.7 Å². The summed E-state index contributed by atoms with van der Waals surface area (Å²) in [5, 5.41) is 0.495. The molecule has 0 spiro atoms. The summed E-state index contributed by atoms with van der Waals surface area (Å²) in [6.07, 6.45) is -0.604. The van der Waals surface area contributed by atoms with Gasteiger partial charge in [-0.15, -0.1) is 0 Å². The molecule has 154 valence electrons. The van der Waals surface area contributed by atoms with Crippen LogP contribution in [-0.2, 0) is 14.3 Å². The third-order valence-electron chi connectivity index (χ3n) is 6.07. The number of benzene rings is 1. The number of alkyl halides is 1. The van der Waals surface area contributed by atoms with E-state index in [0.717, 1.165) is 5.69 Å². The maximum atomic E-state index is 14.1. The number of pyridine rings is 1. The third kappa shape index (κ3) is 3.01. The van der Waals surface area contributed by atoms with E-state index in [0.29, 0.717) is 29.2 Å². The van der Waals surface area contributed by atoms with Gasteiger partial charge in [0.15, 0.2) is 11.5 Å². The zero-order valence-corrected chi connectivity index (χ0v) is 17.1. The van der Waals surface area contributed by atoms with Crippen molar-refractivity contribution in [3.8, 4) is 0 Å². The van der Waals surface area contributed by atoms with E-state index in [1.54, 1.807) is 24.3 Å². The Balaban J connectivity index is 1.66. The number of aromatic nitrogens is 1. The Kier molecular flexibility index (Phi) is 4.62. The molecule has 1 amide bonds. The summed E-state index contributed by atoms with van der Waals surface area (Å²) in [5.74, 6) is -0.694. The largest absolute Gasteiger partial charge is 0.483 e. The van der Waals surface area contributed by atoms with Crippen molar-refractivity contribution in [3.63, 3.8) is 0 Å². The maximum Gasteiger partial charge on any atom is 0.295 e. The smallest absolute Gasteiger partial charge is 0.295 e. The Morgan fingerprint density at radius 1 is 1.17 bits per heavy atom. The second-order valence-corrected chi connectivity index (χ2v) is 8.49. The maximum absolute atomic E-state index is 14.1. The number of hydrogen-bond acceptors (Lipinski definition) is 4. The minimum absolute atomic E-state index is 0.0619. The van der Waals surface area contributed by atoms with Crippen molar-refractivity contribution >= 4 is 29.1 Å². The van der Waals surface area contributed by atoms with Crippen LogP contribution in [0, 0.1) is 12.8 Å². The number of halogens is 2. The predicted octanol–water partition coefficient (Wildman–Crippen LogP) is 4.49. The molecule has 1 saturated carbocycles. The van der Waals surface area contributed by atoms with E-state index in [4.69, 9.17) is 16.3 Å². The highest BCUT2D eigenvalue weighted by Gasteiger charge is 2.53. The summed E-state index contributed by atoms with van der Waals surface area (Å²) in [4.78, 5) is 33.0. The second-order valence-electron chi connectivity index (χ2n) is 8.05. The number of carbonyl (C=O) groups is 2. The van der Waals surface area contributed by atoms with Gasteiger partial charge >= 0.3 is 0 Å². The van der Waals surface area contributed by atoms with Crippen LogP contribution in [0.4, 0.5) is 10.2 Å². The van der Waals surface area contributed by atoms with Crippen molar-refractivity contribution in [2.75, 3.05) is 4.90 Å². The Morgan fingerprint density at radius 2 is 1.97 bits per heavy atom. The van der Waals surface area contributed by atoms with Gasteiger partial charge in [0.1, 0.15) is 18.1 Å². The predicted molar refractivity (Wildman–Crippen MR) is 110 cm³/mol. The van der Waals surface area contributed by atoms with Gasteiger partial charge in [0.05, 0.1) is 17.5 Å². The van der Waals surface area contributed by atoms with Gasteiger partial charge in [0.2, 0.25) is 0 Å². The fraction of sp³-hybridized carbons (Fsp3) is 0.348. The number of amides is 1. The molecule has 1 aromatic carbocycles. The first-order valence-corrected chi connectivity index (χ1v) is 10.4. The van der Waals surface area contributed by atoms with E-state index in [1.807, 2.05) is 25.1 Å². The Hall–Kier alpha value is -2.73. The van der Waals surface area contributed by atoms with Crippen molar-refractivity contribution in [1.29, 1.82) is 0 Å². The molecule has 5 nitrogen and oxygen atoms in total. The molecule has 0 bridgehead atoms. The van der Waals surface area contributed by atoms with Crippen molar-refractivity contribution in [1.82, 2.24) is 4.98 Å². The lowest BCUT2D eigenvalue weighted by Crippen LogP contribution is -2.42. The first kappa shape index (κ1) is 19.2. The van der Waals surface area contributed by atoms with Gasteiger partial charge in [-0.25, -0.2) is 9.37 Å². The molecule has 30 heavy (non-hydrogen) atoms. The highest BCUT2D eigenvalue weighted by atomic mass is 35.5. The van der Waals surface area contributed by atoms with Gasteiger partial charge in [-0.2, -0.15) is 0 Å². The summed E-state index contributed by atoms with van der Waals surface area (Å²) >= 11 is 6.22. The van der Waals surface area contributed by atoms with Crippen molar-refractivity contribution in [2.45, 2.75) is 44.5 Å². The molecule has 0 radical (unpaired) electrons. The lowest BCUT2D eigenvalue weighted by atomic mass is 9.77. The molecule has 2 aromatic rings. The second kappa shape index (κ2) is 7.20. The summed E-state index contributed by atoms with van der Waals surface area (Å²) in [6.45, 7) is 1.84. The summed E-state index contributed by atoms with van der Waals surface area (Å²) in [6, 6.07) is 11.7. The minimum Gasteiger partial charge on any atom is -0.483 e. The molecule has 3 aliphatic rings. The summed E-state index contributed by atoms with van der Waals surface area (Å²) < 4.78 is 20.1. The fourth-order valence-electron chi connectivity index (χ4n) is 4.71. The van der Waals surface area contributed by atoms with Crippen LogP contribution in [0.3, 0.4) is 0 Å². The van der Waals surface area contributed by atoms with Crippen LogP contribution in [0.25, 0.3) is 0 Å². The van der Waals surface area contributed by atoms with Crippen LogP contribution in [0.2, 0.25) is 5.02 Å². The summed E-state index contributed by atoms with van der Waals surface area (Å²) in [7, 11) is 0. The molecule has 7 heteroatoms. The standard InChI is InChI=1S/C23H20ClFN2O3/c1-12-4-2-7-18(26-12)27-20(13-5-3-6-14(24)10-13)19-21(28)16-11-15(25)8-9-17(16)30-22(19)23(27)29/h2-7,10,15-17,20H,8-9,11H2,1H3. The first-order chi connectivity index (χ1) is 14.4. The van der Waals surface area contributed by atoms with E-state index in [-0.39, 0.29) is 23.5 Å². The molecule has 4 atom stereocenters. The van der Waals surface area contributed by atoms with Crippen molar-refractivity contribution in [2.24, 2.45) is 5.92 Å². The first-order valence-electron chi connectivity index (χ1n) is 10.1. The topological polar surface area (TPSA) is 59.5 Å². The number of ether oxygens (including phenoxy) is 1. The average Bonchev–Trinajstić information content (AvgIpc) is 3.01. The molecular formula is C23H20ClFN2O3. The van der Waals surface area contributed by atoms with Gasteiger partial charge < -0.3 is 4.74 Å². The molecule has 1 aliphatic carbocycles. The lowest BCUT2D eigenvalue weighted by molar-refractivity contribution is -0.133. The van der Waals surface area contributed by atoms with Crippen LogP contribution in [0.5, 0.6) is 0 Å². The third-order valence-corrected chi connectivity index (χ3v) is 6.30. The molecular weight excluding hydrogens is 407 g/mol. The van der Waals surface area contributed by atoms with Crippen LogP contribution < -0.4 is 4.90 Å². The molecule has 2 aliphatic heterocycles. The Labute approximate surface area is 178 Å². The number of ketones is 1. The number of anilines is 1. The quantitative estimate of drug-likeness (QED) is 0.709. The SMILES string of the molecule is Cc1cccc(N2C(=O)C3=C(C(=O)C4CC(F)CCC4O3)C2c2cccc(Cl)c2)n1. The van der Waals surface area contributed by atoms with Crippen LogP contribution in [-0.4, -0.2) is 29.0 Å². The van der Waals surface area contributed by atoms with Gasteiger partial charge in [0.25, 0.3) is 5.91 Å². The molecule has 4 unspecified atom stereocenters. The van der Waals surface area contributed by atoms with E-state index in [2.05, 4.69) is 4.98 Å². The molecule has 0 N–H and O–H groups in total. The highest BCUT2D eigenvalue weighted by Crippen LogP contribution is 2.48. The van der Waals surface area contributed by atoms with Gasteiger partial charge in [-0.1, -0.05) is 29.8 Å². The van der Waals surface area contributed by atoms with E-state index in [1.165, 1.54) is 4.90 Å². The van der Waals surface area contributed by atoms with Crippen LogP contribution in [0.15, 0.2) is 53.8 Å². The monoisotopic (exact) mass is 426 g/mol. The molecule has 3 heterocycles. The average molecular weight is 427 g/mol. The zero-order chi connectivity index (χ0) is 21.0. The number of hydrogen-bond donors (Lipinski definition) is 0. The number of rotatable bonds is 2. The number of carbonyl (C=O) groups excluding carboxylic acids is 2. The lowest BCUT2D eigenvalue weighted by Gasteiger charge is -2.36. The van der Waals surface area contributed by atoms with Crippen LogP contribution in [0.1, 0.15) is 36.6 Å². The molecule has 1 aromatic heterocycles. The Morgan fingerprint density at radius 3 is 2.73 bits per heavy atom. The van der Waals surface area contributed by atoms with E-state index < -0.39 is 30.1 Å². The highest BCUT2D eigenvalue weighted by molar-refractivity contribution is 6.30. The van der Waals surface area contributed by atoms with Crippen molar-refractivity contribution < 1.29 is 18.7 Å². The molecule has 0 saturated heterocycles. The van der Waals surface area contributed by atoms with Gasteiger partial charge in [-0.3, -0.25) is 14.5 Å². The fourth-order valence-corrected chi connectivity index (χ4v) is 4.91. The number of nitrogens with zero attached hydrogens (tertiary/aromatic N) is 2. The number of Topliss-reactive ketones (excluding diaryl/α,β-unsaturated/α-hetero) is 1. The van der Waals surface area contributed by atoms with E-state index >= 15 is 0 Å². The van der Waals surface area contributed by atoms with Crippen LogP contribution >= 0.6 is 11.6 Å². The summed E-state index contributed by atoms with van der Waals surface area (Å²) in [5.41, 5.74) is 1.71. The van der Waals surface area contributed by atoms with Crippen molar-refractivity contribution in [3.05, 3.63) is 70.1 Å². The Bertz CT molecular complexity index is 1090. The van der Waals surface area contributed by atoms with Gasteiger partial charge in [-0.05, 0) is 56.0 Å². The molecule has 1 fully saturated rings. The molecule has 5 rings (SSSR count). The van der Waals surface area contributed by atoms with E-state index in [9.17, 15) is 14.0 Å². The number of fused-ring (bicyclic) bond motifs is 1. The number of aryl methyl sites for hydroxylation is 1. The minimum atomic E-state index is -1.03.